The number of nitrogens with one attached hydrogen (secondary N) is 2. The molecule has 1 aliphatic heterocycles. The molecule has 1 atom stereocenters. The van der Waals surface area contributed by atoms with E-state index in [-0.39, 0.29) is 35.3 Å². The SMILES string of the molecule is CC1(C)Cc2[nH]nc(C(=O)NC(C=NC(c3ccccc3)C3CN(C=O)C3)=CN)c2CC1(F)F. The lowest BCUT2D eigenvalue weighted by molar-refractivity contribution is -0.124. The third kappa shape index (κ3) is 4.44. The maximum absolute atomic E-state index is 14.6. The normalized spacial score (nSPS) is 20.5. The number of likely N-dealkylation sites (tertiary alicyclic amines) is 1. The first-order valence-corrected chi connectivity index (χ1v) is 11.1. The van der Waals surface area contributed by atoms with Crippen molar-refractivity contribution in [1.82, 2.24) is 20.4 Å². The first kappa shape index (κ1) is 23.6. The lowest BCUT2D eigenvalue weighted by atomic mass is 9.73. The number of hydrogen-bond donors (Lipinski definition) is 3. The van der Waals surface area contributed by atoms with Crippen molar-refractivity contribution in [1.29, 1.82) is 0 Å². The van der Waals surface area contributed by atoms with E-state index in [0.29, 0.717) is 18.8 Å². The third-order valence-electron chi connectivity index (χ3n) is 6.66. The molecule has 1 aromatic heterocycles. The van der Waals surface area contributed by atoms with Gasteiger partial charge in [-0.1, -0.05) is 44.2 Å². The minimum absolute atomic E-state index is 0.0712. The molecule has 0 spiro atoms. The topological polar surface area (TPSA) is 116 Å². The monoisotopic (exact) mass is 470 g/mol. The van der Waals surface area contributed by atoms with Gasteiger partial charge in [0.25, 0.3) is 11.8 Å². The molecule has 10 heteroatoms. The van der Waals surface area contributed by atoms with Gasteiger partial charge in [0.15, 0.2) is 5.69 Å². The molecule has 180 valence electrons. The van der Waals surface area contributed by atoms with Gasteiger partial charge in [-0.3, -0.25) is 19.7 Å². The van der Waals surface area contributed by atoms with E-state index in [9.17, 15) is 18.4 Å². The van der Waals surface area contributed by atoms with E-state index >= 15 is 0 Å². The van der Waals surface area contributed by atoms with Crippen LogP contribution in [0.25, 0.3) is 0 Å². The van der Waals surface area contributed by atoms with Crippen molar-refractivity contribution in [3.8, 4) is 0 Å². The molecule has 0 bridgehead atoms. The summed E-state index contributed by atoms with van der Waals surface area (Å²) in [5.74, 6) is -3.47. The van der Waals surface area contributed by atoms with Crippen molar-refractivity contribution < 1.29 is 18.4 Å². The molecule has 4 rings (SSSR count). The Morgan fingerprint density at radius 2 is 2.00 bits per heavy atom. The number of carbonyl (C=O) groups is 2. The van der Waals surface area contributed by atoms with E-state index in [2.05, 4.69) is 20.5 Å². The van der Waals surface area contributed by atoms with Gasteiger partial charge in [0.1, 0.15) is 0 Å². The van der Waals surface area contributed by atoms with Gasteiger partial charge >= 0.3 is 0 Å². The quantitative estimate of drug-likeness (QED) is 0.426. The summed E-state index contributed by atoms with van der Waals surface area (Å²) in [5, 5.41) is 9.37. The Morgan fingerprint density at radius 1 is 1.29 bits per heavy atom. The highest BCUT2D eigenvalue weighted by Gasteiger charge is 2.51. The molecular weight excluding hydrogens is 442 g/mol. The Labute approximate surface area is 196 Å². The molecule has 1 saturated heterocycles. The molecule has 2 aromatic rings. The largest absolute Gasteiger partial charge is 0.403 e. The Hall–Kier alpha value is -3.56. The molecule has 4 N–H and O–H groups in total. The van der Waals surface area contributed by atoms with Crippen molar-refractivity contribution in [3.05, 3.63) is 64.7 Å². The van der Waals surface area contributed by atoms with Gasteiger partial charge in [-0.25, -0.2) is 8.78 Å². The maximum atomic E-state index is 14.6. The highest BCUT2D eigenvalue weighted by Crippen LogP contribution is 2.46. The Morgan fingerprint density at radius 3 is 2.65 bits per heavy atom. The maximum Gasteiger partial charge on any atom is 0.276 e. The fraction of sp³-hybridized carbons (Fsp3) is 0.417. The van der Waals surface area contributed by atoms with Gasteiger partial charge in [0, 0.05) is 60.9 Å². The molecule has 1 unspecified atom stereocenters. The number of rotatable bonds is 7. The van der Waals surface area contributed by atoms with Crippen molar-refractivity contribution >= 4 is 18.5 Å². The van der Waals surface area contributed by atoms with Crippen LogP contribution in [0.15, 0.2) is 47.2 Å². The highest BCUT2D eigenvalue weighted by molar-refractivity contribution is 5.98. The van der Waals surface area contributed by atoms with Gasteiger partial charge in [0.05, 0.1) is 11.7 Å². The average Bonchev–Trinajstić information content (AvgIpc) is 3.15. The third-order valence-corrected chi connectivity index (χ3v) is 6.66. The minimum Gasteiger partial charge on any atom is -0.403 e. The average molecular weight is 471 g/mol. The molecule has 1 fully saturated rings. The standard InChI is InChI=1S/C24H28F2N6O2/c1-23(2)9-19-18(8-24(23,25)26)21(31-30-19)22(34)29-17(10-27)11-28-20(15-6-4-3-5-7-15)16-12-32(13-16)14-33/h3-7,10-11,14,16,20H,8-9,12-13,27H2,1-2H3,(H,29,34)(H,30,31). The zero-order chi connectivity index (χ0) is 24.5. The fourth-order valence-electron chi connectivity index (χ4n) is 4.39. The molecular formula is C24H28F2N6O2. The van der Waals surface area contributed by atoms with Crippen LogP contribution in [0.2, 0.25) is 0 Å². The first-order chi connectivity index (χ1) is 16.1. The summed E-state index contributed by atoms with van der Waals surface area (Å²) in [7, 11) is 0. The zero-order valence-electron chi connectivity index (χ0n) is 19.1. The minimum atomic E-state index is -2.96. The van der Waals surface area contributed by atoms with Crippen LogP contribution < -0.4 is 11.1 Å². The summed E-state index contributed by atoms with van der Waals surface area (Å²) in [4.78, 5) is 30.2. The van der Waals surface area contributed by atoms with Crippen LogP contribution in [0.3, 0.4) is 0 Å². The fourth-order valence-corrected chi connectivity index (χ4v) is 4.39. The summed E-state index contributed by atoms with van der Waals surface area (Å²) in [5.41, 5.74) is 6.37. The second kappa shape index (κ2) is 9.00. The van der Waals surface area contributed by atoms with E-state index in [0.717, 1.165) is 12.0 Å². The number of benzene rings is 1. The molecule has 0 saturated carbocycles. The van der Waals surface area contributed by atoms with E-state index in [4.69, 9.17) is 5.73 Å². The lowest BCUT2D eigenvalue weighted by Gasteiger charge is -2.39. The Kier molecular flexibility index (Phi) is 6.24. The summed E-state index contributed by atoms with van der Waals surface area (Å²) < 4.78 is 29.2. The van der Waals surface area contributed by atoms with Crippen molar-refractivity contribution in [3.63, 3.8) is 0 Å². The van der Waals surface area contributed by atoms with Crippen LogP contribution in [0.5, 0.6) is 0 Å². The van der Waals surface area contributed by atoms with Crippen LogP contribution >= 0.6 is 0 Å². The van der Waals surface area contributed by atoms with Crippen molar-refractivity contribution in [2.24, 2.45) is 22.1 Å². The van der Waals surface area contributed by atoms with Gasteiger partial charge in [0.2, 0.25) is 6.41 Å². The van der Waals surface area contributed by atoms with Gasteiger partial charge in [-0.15, -0.1) is 0 Å². The molecule has 8 nitrogen and oxygen atoms in total. The Bertz CT molecular complexity index is 1120. The van der Waals surface area contributed by atoms with E-state index < -0.39 is 23.7 Å². The number of halogens is 2. The van der Waals surface area contributed by atoms with Gasteiger partial charge in [-0.05, 0) is 5.56 Å². The summed E-state index contributed by atoms with van der Waals surface area (Å²) in [6, 6.07) is 9.40. The number of amides is 2. The van der Waals surface area contributed by atoms with E-state index in [1.165, 1.54) is 26.3 Å². The molecule has 34 heavy (non-hydrogen) atoms. The number of hydrogen-bond acceptors (Lipinski definition) is 5. The number of aromatic nitrogens is 2. The summed E-state index contributed by atoms with van der Waals surface area (Å²) in [6.07, 6.45) is 2.99. The number of alkyl halides is 2. The number of nitrogens with zero attached hydrogens (tertiary/aromatic N) is 3. The van der Waals surface area contributed by atoms with Crippen LogP contribution in [0.4, 0.5) is 8.78 Å². The molecule has 2 aliphatic rings. The number of fused-ring (bicyclic) bond motifs is 1. The van der Waals surface area contributed by atoms with Crippen LogP contribution in [-0.2, 0) is 17.6 Å². The number of aliphatic imine (C=N–C) groups is 1. The lowest BCUT2D eigenvalue weighted by Crippen LogP contribution is -2.48. The molecule has 2 amide bonds. The Balaban J connectivity index is 1.50. The van der Waals surface area contributed by atoms with Crippen LogP contribution in [-0.4, -0.2) is 52.6 Å². The second-order valence-electron chi connectivity index (χ2n) is 9.50. The summed E-state index contributed by atoms with van der Waals surface area (Å²) >= 11 is 0. The number of allylic oxidation sites excluding steroid dienone is 1. The predicted octanol–water partition coefficient (Wildman–Crippen LogP) is 2.60. The summed E-state index contributed by atoms with van der Waals surface area (Å²) in [6.45, 7) is 4.17. The highest BCUT2D eigenvalue weighted by atomic mass is 19.3. The number of H-pyrrole nitrogens is 1. The van der Waals surface area contributed by atoms with E-state index in [1.54, 1.807) is 4.90 Å². The van der Waals surface area contributed by atoms with Crippen molar-refractivity contribution in [2.75, 3.05) is 13.1 Å². The smallest absolute Gasteiger partial charge is 0.276 e. The number of carbonyl (C=O) groups excluding carboxylic acids is 2. The van der Waals surface area contributed by atoms with E-state index in [1.807, 2.05) is 30.3 Å². The van der Waals surface area contributed by atoms with Crippen LogP contribution in [0, 0.1) is 11.3 Å². The second-order valence-corrected chi connectivity index (χ2v) is 9.50. The predicted molar refractivity (Wildman–Crippen MR) is 123 cm³/mol. The van der Waals surface area contributed by atoms with Gasteiger partial charge < -0.3 is 16.0 Å². The first-order valence-electron chi connectivity index (χ1n) is 11.1. The van der Waals surface area contributed by atoms with Crippen LogP contribution in [0.1, 0.15) is 47.2 Å². The number of nitrogens with two attached hydrogens (primary N) is 1. The molecule has 1 aromatic carbocycles. The zero-order valence-corrected chi connectivity index (χ0v) is 19.1. The molecule has 1 aliphatic carbocycles. The molecule has 0 radical (unpaired) electrons. The number of aromatic amines is 1. The van der Waals surface area contributed by atoms with Gasteiger partial charge in [-0.2, -0.15) is 5.10 Å². The van der Waals surface area contributed by atoms with Crippen molar-refractivity contribution in [2.45, 2.75) is 38.7 Å². The molecule has 2 heterocycles.